The Hall–Kier alpha value is -1.85. The lowest BCUT2D eigenvalue weighted by Gasteiger charge is -2.14. The number of rotatable bonds is 4. The third-order valence-corrected chi connectivity index (χ3v) is 3.98. The lowest BCUT2D eigenvalue weighted by Crippen LogP contribution is -2.04. The van der Waals surface area contributed by atoms with E-state index in [1.165, 1.54) is 6.07 Å². The molecule has 0 N–H and O–H groups in total. The van der Waals surface area contributed by atoms with Gasteiger partial charge in [0.15, 0.2) is 0 Å². The van der Waals surface area contributed by atoms with Crippen molar-refractivity contribution in [3.05, 3.63) is 59.2 Å². The van der Waals surface area contributed by atoms with Crippen LogP contribution in [0.5, 0.6) is 5.75 Å². The zero-order valence-electron chi connectivity index (χ0n) is 11.3. The minimum Gasteiger partial charge on any atom is -0.744 e. The number of methoxy groups -OCH3 is 1. The highest BCUT2D eigenvalue weighted by atomic mass is 32.2. The number of aryl methyl sites for hydroxylation is 1. The summed E-state index contributed by atoms with van der Waals surface area (Å²) in [4.78, 5) is -0.154. The van der Waals surface area contributed by atoms with Crippen molar-refractivity contribution >= 4 is 10.1 Å². The van der Waals surface area contributed by atoms with Crippen LogP contribution >= 0.6 is 0 Å². The molecule has 0 heterocycles. The fraction of sp³-hybridized carbons (Fsp3) is 0.200. The number of hydrogen-bond donors (Lipinski definition) is 0. The Morgan fingerprint density at radius 3 is 2.30 bits per heavy atom. The molecule has 0 radical (unpaired) electrons. The SMILES string of the molecule is COc1ccc(Cc2cc(C)ccc2S(=O)(=O)[O-])cc1. The van der Waals surface area contributed by atoms with Gasteiger partial charge in [0.05, 0.1) is 12.0 Å². The first-order valence-electron chi connectivity index (χ1n) is 6.08. The summed E-state index contributed by atoms with van der Waals surface area (Å²) < 4.78 is 38.9. The summed E-state index contributed by atoms with van der Waals surface area (Å²) in [5.74, 6) is 0.731. The number of benzene rings is 2. The van der Waals surface area contributed by atoms with Gasteiger partial charge in [0.25, 0.3) is 0 Å². The van der Waals surface area contributed by atoms with Crippen molar-refractivity contribution in [2.45, 2.75) is 18.2 Å². The number of hydrogen-bond acceptors (Lipinski definition) is 4. The highest BCUT2D eigenvalue weighted by Crippen LogP contribution is 2.21. The monoisotopic (exact) mass is 291 g/mol. The molecule has 2 rings (SSSR count). The molecule has 0 aliphatic heterocycles. The summed E-state index contributed by atoms with van der Waals surface area (Å²) in [6.45, 7) is 1.86. The maximum absolute atomic E-state index is 11.3. The quantitative estimate of drug-likeness (QED) is 0.812. The van der Waals surface area contributed by atoms with Gasteiger partial charge in [-0.25, -0.2) is 8.42 Å². The van der Waals surface area contributed by atoms with Gasteiger partial charge < -0.3 is 9.29 Å². The Kier molecular flexibility index (Phi) is 4.11. The molecule has 0 aliphatic rings. The summed E-state index contributed by atoms with van der Waals surface area (Å²) in [6.07, 6.45) is 0.391. The van der Waals surface area contributed by atoms with E-state index in [-0.39, 0.29) is 4.90 Å². The topological polar surface area (TPSA) is 66.4 Å². The lowest BCUT2D eigenvalue weighted by molar-refractivity contribution is 0.414. The Balaban J connectivity index is 2.39. The van der Waals surface area contributed by atoms with Crippen LogP contribution in [0, 0.1) is 6.92 Å². The molecule has 5 heteroatoms. The standard InChI is InChI=1S/C15H16O4S/c1-11-3-8-15(20(16,17)18)13(9-11)10-12-4-6-14(19-2)7-5-12/h3-9H,10H2,1-2H3,(H,16,17,18)/p-1. The lowest BCUT2D eigenvalue weighted by atomic mass is 10.0. The maximum atomic E-state index is 11.3. The Morgan fingerprint density at radius 2 is 1.75 bits per heavy atom. The molecule has 0 saturated heterocycles. The predicted octanol–water partition coefficient (Wildman–Crippen LogP) is 2.50. The molecule has 2 aromatic carbocycles. The van der Waals surface area contributed by atoms with Crippen LogP contribution in [0.3, 0.4) is 0 Å². The number of ether oxygens (including phenoxy) is 1. The Labute approximate surface area is 118 Å². The molecule has 0 bridgehead atoms. The molecule has 0 aromatic heterocycles. The van der Waals surface area contributed by atoms with Crippen molar-refractivity contribution in [1.29, 1.82) is 0 Å². The van der Waals surface area contributed by atoms with Gasteiger partial charge in [-0.3, -0.25) is 0 Å². The molecule has 0 unspecified atom stereocenters. The average molecular weight is 291 g/mol. The van der Waals surface area contributed by atoms with Gasteiger partial charge in [-0.1, -0.05) is 29.8 Å². The van der Waals surface area contributed by atoms with E-state index < -0.39 is 10.1 Å². The summed E-state index contributed by atoms with van der Waals surface area (Å²) >= 11 is 0. The normalized spacial score (nSPS) is 11.3. The summed E-state index contributed by atoms with van der Waals surface area (Å²) in [6, 6.07) is 12.0. The largest absolute Gasteiger partial charge is 0.744 e. The van der Waals surface area contributed by atoms with Crippen LogP contribution in [0.4, 0.5) is 0 Å². The molecule has 0 fully saturated rings. The summed E-state index contributed by atoms with van der Waals surface area (Å²) in [5.41, 5.74) is 2.35. The molecule has 0 saturated carbocycles. The van der Waals surface area contributed by atoms with Gasteiger partial charge >= 0.3 is 0 Å². The fourth-order valence-electron chi connectivity index (χ4n) is 2.05. The second kappa shape index (κ2) is 5.64. The van der Waals surface area contributed by atoms with Crippen LogP contribution in [0.2, 0.25) is 0 Å². The molecule has 0 spiro atoms. The van der Waals surface area contributed by atoms with E-state index in [1.54, 1.807) is 31.4 Å². The van der Waals surface area contributed by atoms with Crippen LogP contribution in [0.25, 0.3) is 0 Å². The van der Waals surface area contributed by atoms with Crippen molar-refractivity contribution in [3.8, 4) is 5.75 Å². The second-order valence-corrected chi connectivity index (χ2v) is 5.94. The fourth-order valence-corrected chi connectivity index (χ4v) is 2.74. The first kappa shape index (κ1) is 14.6. The van der Waals surface area contributed by atoms with Crippen molar-refractivity contribution in [2.24, 2.45) is 0 Å². The first-order valence-corrected chi connectivity index (χ1v) is 7.49. The van der Waals surface area contributed by atoms with Gasteiger partial charge in [0.1, 0.15) is 15.9 Å². The molecule has 0 atom stereocenters. The van der Waals surface area contributed by atoms with Gasteiger partial charge in [0.2, 0.25) is 0 Å². The van der Waals surface area contributed by atoms with E-state index in [9.17, 15) is 13.0 Å². The molecule has 2 aromatic rings. The highest BCUT2D eigenvalue weighted by Gasteiger charge is 2.10. The third-order valence-electron chi connectivity index (χ3n) is 3.04. The molecular weight excluding hydrogens is 276 g/mol. The highest BCUT2D eigenvalue weighted by molar-refractivity contribution is 7.85. The van der Waals surface area contributed by atoms with Crippen LogP contribution in [-0.2, 0) is 16.5 Å². The van der Waals surface area contributed by atoms with Gasteiger partial charge in [-0.15, -0.1) is 0 Å². The third kappa shape index (κ3) is 3.37. The van der Waals surface area contributed by atoms with Gasteiger partial charge in [-0.2, -0.15) is 0 Å². The second-order valence-electron chi connectivity index (χ2n) is 4.59. The smallest absolute Gasteiger partial charge is 0.124 e. The minimum atomic E-state index is -4.46. The first-order chi connectivity index (χ1) is 9.40. The van der Waals surface area contributed by atoms with Gasteiger partial charge in [0, 0.05) is 0 Å². The van der Waals surface area contributed by atoms with Crippen molar-refractivity contribution in [3.63, 3.8) is 0 Å². The van der Waals surface area contributed by atoms with E-state index >= 15 is 0 Å². The van der Waals surface area contributed by atoms with Crippen molar-refractivity contribution in [1.82, 2.24) is 0 Å². The van der Waals surface area contributed by atoms with E-state index in [0.717, 1.165) is 16.9 Å². The maximum Gasteiger partial charge on any atom is 0.124 e. The predicted molar refractivity (Wildman–Crippen MR) is 74.9 cm³/mol. The Bertz CT molecular complexity index is 703. The molecule has 20 heavy (non-hydrogen) atoms. The van der Waals surface area contributed by atoms with E-state index in [0.29, 0.717) is 12.0 Å². The van der Waals surface area contributed by atoms with Crippen molar-refractivity contribution in [2.75, 3.05) is 7.11 Å². The van der Waals surface area contributed by atoms with Crippen molar-refractivity contribution < 1.29 is 17.7 Å². The zero-order valence-corrected chi connectivity index (χ0v) is 12.1. The Morgan fingerprint density at radius 1 is 1.10 bits per heavy atom. The molecule has 0 aliphatic carbocycles. The van der Waals surface area contributed by atoms with E-state index in [4.69, 9.17) is 4.74 Å². The molecule has 106 valence electrons. The van der Waals surface area contributed by atoms with E-state index in [1.807, 2.05) is 19.1 Å². The van der Waals surface area contributed by atoms with E-state index in [2.05, 4.69) is 0 Å². The molecule has 0 amide bonds. The summed E-state index contributed by atoms with van der Waals surface area (Å²) in [7, 11) is -2.88. The minimum absolute atomic E-state index is 0.154. The average Bonchev–Trinajstić information content (AvgIpc) is 2.38. The van der Waals surface area contributed by atoms with Crippen LogP contribution in [0.1, 0.15) is 16.7 Å². The van der Waals surface area contributed by atoms with Crippen LogP contribution < -0.4 is 4.74 Å². The van der Waals surface area contributed by atoms with Gasteiger partial charge in [-0.05, 0) is 42.7 Å². The molecule has 4 nitrogen and oxygen atoms in total. The molecular formula is C15H15O4S-. The summed E-state index contributed by atoms with van der Waals surface area (Å²) in [5, 5.41) is 0. The van der Waals surface area contributed by atoms with Crippen LogP contribution in [0.15, 0.2) is 47.4 Å². The zero-order chi connectivity index (χ0) is 14.8. The van der Waals surface area contributed by atoms with Crippen LogP contribution in [-0.4, -0.2) is 20.1 Å².